The number of ether oxygens (including phenoxy) is 2. The van der Waals surface area contributed by atoms with Crippen LogP contribution in [0.25, 0.3) is 0 Å². The van der Waals surface area contributed by atoms with E-state index in [-0.39, 0.29) is 5.05 Å². The molecule has 0 spiro atoms. The van der Waals surface area contributed by atoms with Crippen LogP contribution in [-0.4, -0.2) is 16.7 Å². The minimum atomic E-state index is 0.216. The summed E-state index contributed by atoms with van der Waals surface area (Å²) in [5.41, 5.74) is 1.74. The van der Waals surface area contributed by atoms with Gasteiger partial charge < -0.3 is 9.47 Å². The number of thiocarbonyl (C=S) groups is 2. The third-order valence-corrected chi connectivity index (χ3v) is 3.38. The fourth-order valence-electron chi connectivity index (χ4n) is 1.57. The molecule has 0 aromatic heterocycles. The lowest BCUT2D eigenvalue weighted by molar-refractivity contribution is 0.266. The molecule has 0 amide bonds. The summed E-state index contributed by atoms with van der Waals surface area (Å²) in [6.07, 6.45) is 1.52. The molecule has 2 rings (SSSR count). The largest absolute Gasteiger partial charge is 0.483 e. The molecule has 0 aliphatic carbocycles. The molecule has 0 aliphatic heterocycles. The summed E-state index contributed by atoms with van der Waals surface area (Å²) in [5.74, 6) is 0.515. The SMILES string of the molecule is CC(C)COC(=S)c1ccccc1.N#COC(=S)c1ccccc1. The maximum absolute atomic E-state index is 8.14. The average molecular weight is 358 g/mol. The van der Waals surface area contributed by atoms with Crippen LogP contribution in [0.1, 0.15) is 25.0 Å². The summed E-state index contributed by atoms with van der Waals surface area (Å²) in [6.45, 7) is 4.90. The second-order valence-electron chi connectivity index (χ2n) is 5.21. The zero-order chi connectivity index (χ0) is 17.8. The van der Waals surface area contributed by atoms with Crippen LogP contribution >= 0.6 is 24.4 Å². The fraction of sp³-hybridized carbons (Fsp3) is 0.211. The van der Waals surface area contributed by atoms with Crippen molar-refractivity contribution >= 4 is 34.5 Å². The van der Waals surface area contributed by atoms with Gasteiger partial charge in [-0.05, 0) is 30.4 Å². The van der Waals surface area contributed by atoms with E-state index >= 15 is 0 Å². The van der Waals surface area contributed by atoms with Crippen molar-refractivity contribution in [1.82, 2.24) is 0 Å². The van der Waals surface area contributed by atoms with Crippen molar-refractivity contribution in [3.05, 3.63) is 71.8 Å². The molecule has 0 atom stereocenters. The van der Waals surface area contributed by atoms with Gasteiger partial charge in [0.2, 0.25) is 5.05 Å². The lowest BCUT2D eigenvalue weighted by Gasteiger charge is -2.09. The van der Waals surface area contributed by atoms with Crippen LogP contribution in [0.5, 0.6) is 0 Å². The highest BCUT2D eigenvalue weighted by molar-refractivity contribution is 7.80. The van der Waals surface area contributed by atoms with Gasteiger partial charge in [-0.25, -0.2) is 0 Å². The van der Waals surface area contributed by atoms with Gasteiger partial charge in [0, 0.05) is 11.1 Å². The predicted octanol–water partition coefficient (Wildman–Crippen LogP) is 4.89. The molecule has 24 heavy (non-hydrogen) atoms. The molecule has 0 radical (unpaired) electrons. The maximum Gasteiger partial charge on any atom is 0.293 e. The highest BCUT2D eigenvalue weighted by Crippen LogP contribution is 2.04. The fourth-order valence-corrected chi connectivity index (χ4v) is 1.95. The number of nitriles is 1. The van der Waals surface area contributed by atoms with Crippen molar-refractivity contribution in [2.24, 2.45) is 5.92 Å². The molecule has 0 heterocycles. The third kappa shape index (κ3) is 7.82. The second-order valence-corrected chi connectivity index (χ2v) is 5.95. The molecule has 0 fully saturated rings. The molecule has 0 bridgehead atoms. The van der Waals surface area contributed by atoms with Gasteiger partial charge in [-0.2, -0.15) is 0 Å². The summed E-state index contributed by atoms with van der Waals surface area (Å²) in [4.78, 5) is 0. The summed E-state index contributed by atoms with van der Waals surface area (Å²) in [6, 6.07) is 18.9. The number of hydrogen-bond acceptors (Lipinski definition) is 5. The van der Waals surface area contributed by atoms with Crippen molar-refractivity contribution in [2.75, 3.05) is 6.61 Å². The van der Waals surface area contributed by atoms with E-state index in [1.807, 2.05) is 48.5 Å². The van der Waals surface area contributed by atoms with Crippen LogP contribution in [0.15, 0.2) is 60.7 Å². The normalized spacial score (nSPS) is 9.25. The van der Waals surface area contributed by atoms with Crippen LogP contribution in [-0.2, 0) is 9.47 Å². The zero-order valence-corrected chi connectivity index (χ0v) is 15.3. The molecular formula is C19H19NO2S2. The van der Waals surface area contributed by atoms with Gasteiger partial charge in [-0.1, -0.05) is 74.5 Å². The van der Waals surface area contributed by atoms with Gasteiger partial charge in [0.25, 0.3) is 6.26 Å². The van der Waals surface area contributed by atoms with Gasteiger partial charge in [-0.3, -0.25) is 0 Å². The Morgan fingerprint density at radius 2 is 1.38 bits per heavy atom. The van der Waals surface area contributed by atoms with Crippen molar-refractivity contribution in [2.45, 2.75) is 13.8 Å². The van der Waals surface area contributed by atoms with Crippen LogP contribution in [0.4, 0.5) is 0 Å². The Hall–Kier alpha value is -2.29. The van der Waals surface area contributed by atoms with Crippen molar-refractivity contribution in [3.8, 4) is 6.26 Å². The molecule has 0 aliphatic rings. The van der Waals surface area contributed by atoms with Gasteiger partial charge >= 0.3 is 0 Å². The van der Waals surface area contributed by atoms with E-state index < -0.39 is 0 Å². The summed E-state index contributed by atoms with van der Waals surface area (Å²) in [7, 11) is 0. The van der Waals surface area contributed by atoms with Gasteiger partial charge in [0.15, 0.2) is 5.05 Å². The molecule has 2 aromatic carbocycles. The topological polar surface area (TPSA) is 42.2 Å². The van der Waals surface area contributed by atoms with E-state index in [0.29, 0.717) is 17.6 Å². The Balaban J connectivity index is 0.000000243. The first-order valence-corrected chi connectivity index (χ1v) is 8.23. The molecule has 0 unspecified atom stereocenters. The monoisotopic (exact) mass is 357 g/mol. The minimum Gasteiger partial charge on any atom is -0.483 e. The van der Waals surface area contributed by atoms with E-state index in [1.165, 1.54) is 6.26 Å². The quantitative estimate of drug-likeness (QED) is 0.575. The van der Waals surface area contributed by atoms with Crippen molar-refractivity contribution in [3.63, 3.8) is 0 Å². The first-order chi connectivity index (χ1) is 11.5. The molecule has 0 saturated heterocycles. The Labute approximate surface area is 153 Å². The van der Waals surface area contributed by atoms with E-state index in [9.17, 15) is 0 Å². The lowest BCUT2D eigenvalue weighted by Crippen LogP contribution is -2.08. The predicted molar refractivity (Wildman–Crippen MR) is 104 cm³/mol. The third-order valence-electron chi connectivity index (χ3n) is 2.71. The number of nitrogens with zero attached hydrogens (tertiary/aromatic N) is 1. The summed E-state index contributed by atoms with van der Waals surface area (Å²) >= 11 is 9.89. The molecule has 0 saturated carbocycles. The summed E-state index contributed by atoms with van der Waals surface area (Å²) in [5, 5.41) is 8.95. The van der Waals surface area contributed by atoms with Crippen LogP contribution < -0.4 is 0 Å². The van der Waals surface area contributed by atoms with Crippen molar-refractivity contribution in [1.29, 1.82) is 5.26 Å². The Bertz CT molecular complexity index is 680. The molecular weight excluding hydrogens is 338 g/mol. The molecule has 2 aromatic rings. The van der Waals surface area contributed by atoms with Crippen LogP contribution in [0.2, 0.25) is 0 Å². The smallest absolute Gasteiger partial charge is 0.293 e. The van der Waals surface area contributed by atoms with E-state index in [2.05, 4.69) is 18.6 Å². The maximum atomic E-state index is 8.14. The van der Waals surface area contributed by atoms with Crippen LogP contribution in [0.3, 0.4) is 0 Å². The molecule has 3 nitrogen and oxygen atoms in total. The van der Waals surface area contributed by atoms with Gasteiger partial charge in [0.1, 0.15) is 0 Å². The van der Waals surface area contributed by atoms with E-state index in [4.69, 9.17) is 34.4 Å². The van der Waals surface area contributed by atoms with E-state index in [1.54, 1.807) is 12.1 Å². The number of rotatable bonds is 4. The van der Waals surface area contributed by atoms with E-state index in [0.717, 1.165) is 11.1 Å². The molecule has 124 valence electrons. The van der Waals surface area contributed by atoms with Crippen molar-refractivity contribution < 1.29 is 9.47 Å². The summed E-state index contributed by atoms with van der Waals surface area (Å²) < 4.78 is 9.89. The number of hydrogen-bond donors (Lipinski definition) is 0. The highest BCUT2D eigenvalue weighted by atomic mass is 32.1. The van der Waals surface area contributed by atoms with Gasteiger partial charge in [-0.15, -0.1) is 5.26 Å². The van der Waals surface area contributed by atoms with Crippen LogP contribution in [0, 0.1) is 17.4 Å². The molecule has 0 N–H and O–H groups in total. The Kier molecular flexibility index (Phi) is 9.28. The highest BCUT2D eigenvalue weighted by Gasteiger charge is 2.02. The Morgan fingerprint density at radius 1 is 0.917 bits per heavy atom. The standard InChI is InChI=1S/C11H14OS.C8H5NOS/c1-9(2)8-12-11(13)10-6-4-3-5-7-10;9-6-10-8(11)7-4-2-1-3-5-7/h3-7,9H,8H2,1-2H3;1-5H. The average Bonchev–Trinajstić information content (AvgIpc) is 2.62. The molecule has 5 heteroatoms. The first kappa shape index (κ1) is 19.8. The second kappa shape index (κ2) is 11.3. The zero-order valence-electron chi connectivity index (χ0n) is 13.6. The lowest BCUT2D eigenvalue weighted by atomic mass is 10.2. The first-order valence-electron chi connectivity index (χ1n) is 7.42. The number of benzene rings is 2. The Morgan fingerprint density at radius 3 is 1.79 bits per heavy atom. The van der Waals surface area contributed by atoms with Gasteiger partial charge in [0.05, 0.1) is 6.61 Å². The minimum absolute atomic E-state index is 0.216.